The van der Waals surface area contributed by atoms with Gasteiger partial charge in [-0.3, -0.25) is 4.79 Å². The molecule has 1 aromatic carbocycles. The highest BCUT2D eigenvalue weighted by molar-refractivity contribution is 5.97. The predicted molar refractivity (Wildman–Crippen MR) is 75.1 cm³/mol. The molecule has 1 aliphatic rings. The van der Waals surface area contributed by atoms with E-state index >= 15 is 0 Å². The van der Waals surface area contributed by atoms with Crippen LogP contribution in [0.4, 0.5) is 0 Å². The lowest BCUT2D eigenvalue weighted by Crippen LogP contribution is -2.31. The molecule has 0 saturated carbocycles. The summed E-state index contributed by atoms with van der Waals surface area (Å²) in [6.07, 6.45) is 1.94. The Morgan fingerprint density at radius 2 is 1.67 bits per heavy atom. The van der Waals surface area contributed by atoms with Crippen LogP contribution < -0.4 is 5.32 Å². The number of carbonyl (C=O) groups excluding carboxylic acids is 1. The number of Topliss-reactive ketones (excluding diaryl/α,β-unsaturated/α-hetero) is 1. The summed E-state index contributed by atoms with van der Waals surface area (Å²) in [5.41, 5.74) is 2.30. The van der Waals surface area contributed by atoms with E-state index in [4.69, 9.17) is 0 Å². The summed E-state index contributed by atoms with van der Waals surface area (Å²) in [4.78, 5) is 12.3. The molecule has 1 fully saturated rings. The Bertz CT molecular complexity index is 408. The molecule has 1 aliphatic heterocycles. The molecule has 2 heteroatoms. The van der Waals surface area contributed by atoms with Gasteiger partial charge in [0.2, 0.25) is 0 Å². The maximum absolute atomic E-state index is 12.3. The first kappa shape index (κ1) is 13.3. The van der Waals surface area contributed by atoms with Crippen molar-refractivity contribution >= 4 is 5.78 Å². The fourth-order valence-corrected chi connectivity index (χ4v) is 2.45. The minimum Gasteiger partial charge on any atom is -0.317 e. The van der Waals surface area contributed by atoms with Crippen LogP contribution in [-0.2, 0) is 5.41 Å². The van der Waals surface area contributed by atoms with Crippen molar-refractivity contribution in [3.05, 3.63) is 35.4 Å². The summed E-state index contributed by atoms with van der Waals surface area (Å²) in [6, 6.07) is 8.17. The molecular weight excluding hydrogens is 222 g/mol. The second-order valence-electron chi connectivity index (χ2n) is 6.22. The fourth-order valence-electron chi connectivity index (χ4n) is 2.45. The third-order valence-electron chi connectivity index (χ3n) is 3.75. The molecule has 1 N–H and O–H groups in total. The number of benzene rings is 1. The van der Waals surface area contributed by atoms with E-state index in [0.29, 0.717) is 5.78 Å². The lowest BCUT2D eigenvalue weighted by Gasteiger charge is -2.22. The first-order valence-corrected chi connectivity index (χ1v) is 6.84. The Kier molecular flexibility index (Phi) is 3.86. The molecule has 0 aliphatic carbocycles. The Balaban J connectivity index is 2.11. The SMILES string of the molecule is CC(C)(C)c1ccc(C(=O)C2CCNCC2)cc1. The van der Waals surface area contributed by atoms with Crippen LogP contribution in [0.25, 0.3) is 0 Å². The molecule has 0 aromatic heterocycles. The van der Waals surface area contributed by atoms with Crippen LogP contribution >= 0.6 is 0 Å². The summed E-state index contributed by atoms with van der Waals surface area (Å²) in [6.45, 7) is 8.51. The molecule has 2 nitrogen and oxygen atoms in total. The number of carbonyl (C=O) groups is 1. The largest absolute Gasteiger partial charge is 0.317 e. The third kappa shape index (κ3) is 2.99. The number of rotatable bonds is 2. The van der Waals surface area contributed by atoms with E-state index in [1.54, 1.807) is 0 Å². The smallest absolute Gasteiger partial charge is 0.166 e. The zero-order valence-electron chi connectivity index (χ0n) is 11.6. The van der Waals surface area contributed by atoms with Crippen LogP contribution in [-0.4, -0.2) is 18.9 Å². The van der Waals surface area contributed by atoms with Gasteiger partial charge in [-0.1, -0.05) is 45.0 Å². The van der Waals surface area contributed by atoms with Gasteiger partial charge in [0, 0.05) is 11.5 Å². The van der Waals surface area contributed by atoms with Gasteiger partial charge >= 0.3 is 0 Å². The second-order valence-corrected chi connectivity index (χ2v) is 6.22. The number of piperidine rings is 1. The topological polar surface area (TPSA) is 29.1 Å². The van der Waals surface area contributed by atoms with Crippen molar-refractivity contribution < 1.29 is 4.79 Å². The summed E-state index contributed by atoms with van der Waals surface area (Å²) in [7, 11) is 0. The monoisotopic (exact) mass is 245 g/mol. The summed E-state index contributed by atoms with van der Waals surface area (Å²) < 4.78 is 0. The van der Waals surface area contributed by atoms with Gasteiger partial charge in [0.05, 0.1) is 0 Å². The maximum atomic E-state index is 12.3. The van der Waals surface area contributed by atoms with Crippen molar-refractivity contribution in [2.24, 2.45) is 5.92 Å². The van der Waals surface area contributed by atoms with E-state index in [1.165, 1.54) is 5.56 Å². The van der Waals surface area contributed by atoms with Gasteiger partial charge < -0.3 is 5.32 Å². The first-order valence-electron chi connectivity index (χ1n) is 6.84. The molecule has 0 unspecified atom stereocenters. The molecule has 0 radical (unpaired) electrons. The van der Waals surface area contributed by atoms with Gasteiger partial charge in [-0.05, 0) is 36.9 Å². The zero-order chi connectivity index (χ0) is 13.2. The molecule has 0 amide bonds. The van der Waals surface area contributed by atoms with Gasteiger partial charge in [-0.15, -0.1) is 0 Å². The zero-order valence-corrected chi connectivity index (χ0v) is 11.6. The Morgan fingerprint density at radius 3 is 2.17 bits per heavy atom. The summed E-state index contributed by atoms with van der Waals surface area (Å²) >= 11 is 0. The molecule has 2 rings (SSSR count). The highest BCUT2D eigenvalue weighted by Crippen LogP contribution is 2.24. The standard InChI is InChI=1S/C16H23NO/c1-16(2,3)14-6-4-12(5-7-14)15(18)13-8-10-17-11-9-13/h4-7,13,17H,8-11H2,1-3H3. The van der Waals surface area contributed by atoms with Crippen LogP contribution in [0.3, 0.4) is 0 Å². The second kappa shape index (κ2) is 5.23. The molecule has 1 aromatic rings. The highest BCUT2D eigenvalue weighted by atomic mass is 16.1. The number of nitrogens with one attached hydrogen (secondary N) is 1. The number of ketones is 1. The van der Waals surface area contributed by atoms with Crippen molar-refractivity contribution in [3.8, 4) is 0 Å². The van der Waals surface area contributed by atoms with Crippen LogP contribution in [0, 0.1) is 5.92 Å². The lowest BCUT2D eigenvalue weighted by molar-refractivity contribution is 0.0895. The van der Waals surface area contributed by atoms with E-state index in [2.05, 4.69) is 38.2 Å². The van der Waals surface area contributed by atoms with Crippen LogP contribution in [0.2, 0.25) is 0 Å². The van der Waals surface area contributed by atoms with E-state index in [1.807, 2.05) is 12.1 Å². The van der Waals surface area contributed by atoms with Gasteiger partial charge in [0.25, 0.3) is 0 Å². The average molecular weight is 245 g/mol. The molecule has 0 atom stereocenters. The van der Waals surface area contributed by atoms with E-state index in [0.717, 1.165) is 31.5 Å². The van der Waals surface area contributed by atoms with Gasteiger partial charge in [0.15, 0.2) is 5.78 Å². The molecule has 1 saturated heterocycles. The molecule has 0 spiro atoms. The first-order chi connectivity index (χ1) is 8.48. The van der Waals surface area contributed by atoms with Crippen molar-refractivity contribution in [2.75, 3.05) is 13.1 Å². The number of hydrogen-bond donors (Lipinski definition) is 1. The fraction of sp³-hybridized carbons (Fsp3) is 0.562. The third-order valence-corrected chi connectivity index (χ3v) is 3.75. The van der Waals surface area contributed by atoms with Crippen molar-refractivity contribution in [1.82, 2.24) is 5.32 Å². The number of hydrogen-bond acceptors (Lipinski definition) is 2. The Morgan fingerprint density at radius 1 is 1.11 bits per heavy atom. The van der Waals surface area contributed by atoms with Crippen LogP contribution in [0.15, 0.2) is 24.3 Å². The molecule has 1 heterocycles. The molecular formula is C16H23NO. The quantitative estimate of drug-likeness (QED) is 0.811. The van der Waals surface area contributed by atoms with Gasteiger partial charge in [-0.2, -0.15) is 0 Å². The van der Waals surface area contributed by atoms with E-state index in [-0.39, 0.29) is 11.3 Å². The van der Waals surface area contributed by atoms with Crippen molar-refractivity contribution in [1.29, 1.82) is 0 Å². The molecule has 0 bridgehead atoms. The summed E-state index contributed by atoms with van der Waals surface area (Å²) in [5, 5.41) is 3.30. The minimum absolute atomic E-state index is 0.149. The van der Waals surface area contributed by atoms with Crippen molar-refractivity contribution in [3.63, 3.8) is 0 Å². The Hall–Kier alpha value is -1.15. The average Bonchev–Trinajstić information content (AvgIpc) is 2.38. The predicted octanol–water partition coefficient (Wildman–Crippen LogP) is 3.17. The highest BCUT2D eigenvalue weighted by Gasteiger charge is 2.22. The van der Waals surface area contributed by atoms with Gasteiger partial charge in [-0.25, -0.2) is 0 Å². The van der Waals surface area contributed by atoms with Gasteiger partial charge in [0.1, 0.15) is 0 Å². The van der Waals surface area contributed by atoms with E-state index in [9.17, 15) is 4.79 Å². The van der Waals surface area contributed by atoms with E-state index < -0.39 is 0 Å². The maximum Gasteiger partial charge on any atom is 0.166 e. The summed E-state index contributed by atoms with van der Waals surface area (Å²) in [5.74, 6) is 0.531. The van der Waals surface area contributed by atoms with Crippen LogP contribution in [0.1, 0.15) is 49.5 Å². The normalized spacial score (nSPS) is 17.7. The Labute approximate surface area is 110 Å². The lowest BCUT2D eigenvalue weighted by atomic mass is 9.85. The minimum atomic E-state index is 0.149. The van der Waals surface area contributed by atoms with Crippen LogP contribution in [0.5, 0.6) is 0 Å². The van der Waals surface area contributed by atoms with Crippen molar-refractivity contribution in [2.45, 2.75) is 39.0 Å². The molecule has 18 heavy (non-hydrogen) atoms. The molecule has 98 valence electrons.